The largest absolute Gasteiger partial charge is 0.457 e. The van der Waals surface area contributed by atoms with E-state index in [1.807, 2.05) is 25.2 Å². The molecule has 2 aliphatic rings. The lowest BCUT2D eigenvalue weighted by Gasteiger charge is -2.41. The van der Waals surface area contributed by atoms with E-state index in [9.17, 15) is 14.7 Å². The van der Waals surface area contributed by atoms with Gasteiger partial charge >= 0.3 is 5.97 Å². The van der Waals surface area contributed by atoms with Crippen LogP contribution in [0.1, 0.15) is 55.8 Å². The molecule has 0 bridgehead atoms. The van der Waals surface area contributed by atoms with Crippen LogP contribution in [-0.2, 0) is 19.9 Å². The zero-order valence-electron chi connectivity index (χ0n) is 19.1. The molecule has 0 spiro atoms. The highest BCUT2D eigenvalue weighted by Crippen LogP contribution is 2.42. The highest BCUT2D eigenvalue weighted by atomic mass is 16.6. The number of aliphatic hydroxyl groups is 1. The molecule has 8 heteroatoms. The van der Waals surface area contributed by atoms with Gasteiger partial charge in [0.1, 0.15) is 18.3 Å². The van der Waals surface area contributed by atoms with Crippen molar-refractivity contribution >= 4 is 11.9 Å². The second-order valence-electron chi connectivity index (χ2n) is 9.53. The Hall–Kier alpha value is -2.84. The van der Waals surface area contributed by atoms with E-state index < -0.39 is 23.5 Å². The molecule has 2 fully saturated rings. The van der Waals surface area contributed by atoms with Crippen LogP contribution in [0.5, 0.6) is 0 Å². The average molecular weight is 454 g/mol. The first-order valence-electron chi connectivity index (χ1n) is 11.7. The Labute approximate surface area is 194 Å². The normalized spacial score (nSPS) is 25.9. The minimum atomic E-state index is -1.67. The van der Waals surface area contributed by atoms with Gasteiger partial charge in [0.05, 0.1) is 13.6 Å². The fourth-order valence-corrected chi connectivity index (χ4v) is 5.77. The Kier molecular flexibility index (Phi) is 6.76. The molecule has 1 aliphatic carbocycles. The third-order valence-corrected chi connectivity index (χ3v) is 7.62. The summed E-state index contributed by atoms with van der Waals surface area (Å²) >= 11 is 0. The number of nitrogens with zero attached hydrogens (tertiary/aromatic N) is 3. The predicted octanol–water partition coefficient (Wildman–Crippen LogP) is 2.23. The number of aromatic nitrogens is 2. The molecule has 3 N–H and O–H groups in total. The smallest absolute Gasteiger partial charge is 0.343 e. The predicted molar refractivity (Wildman–Crippen MR) is 121 cm³/mol. The Bertz CT molecular complexity index is 967. The lowest BCUT2D eigenvalue weighted by atomic mass is 9.80. The first kappa shape index (κ1) is 23.3. The van der Waals surface area contributed by atoms with Crippen LogP contribution in [0.25, 0.3) is 0 Å². The number of amides is 1. The number of rotatable bonds is 8. The lowest BCUT2D eigenvalue weighted by Crippen LogP contribution is -2.57. The van der Waals surface area contributed by atoms with Gasteiger partial charge < -0.3 is 20.1 Å². The van der Waals surface area contributed by atoms with Gasteiger partial charge in [0.2, 0.25) is 6.04 Å². The maximum absolute atomic E-state index is 13.4. The van der Waals surface area contributed by atoms with Crippen LogP contribution in [0.15, 0.2) is 48.7 Å². The standard InChI is InChI=1S/C25H32N4O4/c1-29(22(23(26)30)21-14-7-15-27-28-21)16-8-13-20(29)17-33-24(31)25(32,19-11-5-6-12-19)18-9-3-2-4-10-18/h2-4,7,9-10,14-15,19-20,22,32H,5-6,8,11-13,16-17H2,1H3,(H-,26,30)/p+1/t20-,22?,25?,29?/m1/s1. The molecule has 4 rings (SSSR count). The van der Waals surface area contributed by atoms with Gasteiger partial charge in [-0.3, -0.25) is 4.79 Å². The summed E-state index contributed by atoms with van der Waals surface area (Å²) in [5, 5.41) is 19.7. The number of esters is 1. The van der Waals surface area contributed by atoms with Crippen LogP contribution in [-0.4, -0.2) is 57.9 Å². The summed E-state index contributed by atoms with van der Waals surface area (Å²) in [6, 6.07) is 11.7. The number of likely N-dealkylation sites (N-methyl/N-ethyl adjacent to an activating group) is 1. The summed E-state index contributed by atoms with van der Waals surface area (Å²) in [5.41, 5.74) is 5.22. The second-order valence-corrected chi connectivity index (χ2v) is 9.53. The quantitative estimate of drug-likeness (QED) is 0.468. The first-order valence-corrected chi connectivity index (χ1v) is 11.7. The molecule has 3 unspecified atom stereocenters. The highest BCUT2D eigenvalue weighted by Gasteiger charge is 2.51. The molecule has 176 valence electrons. The molecule has 8 nitrogen and oxygen atoms in total. The molecule has 1 amide bonds. The monoisotopic (exact) mass is 453 g/mol. The molecule has 33 heavy (non-hydrogen) atoms. The number of ether oxygens (including phenoxy) is 1. The molecule has 1 aliphatic heterocycles. The summed E-state index contributed by atoms with van der Waals surface area (Å²) in [7, 11) is 1.95. The van der Waals surface area contributed by atoms with E-state index in [1.54, 1.807) is 30.5 Å². The molecule has 1 saturated carbocycles. The van der Waals surface area contributed by atoms with E-state index in [4.69, 9.17) is 10.5 Å². The second kappa shape index (κ2) is 9.57. The van der Waals surface area contributed by atoms with Gasteiger partial charge in [-0.1, -0.05) is 43.2 Å². The topological polar surface area (TPSA) is 115 Å². The van der Waals surface area contributed by atoms with Gasteiger partial charge in [0.25, 0.3) is 5.91 Å². The van der Waals surface area contributed by atoms with Crippen LogP contribution >= 0.6 is 0 Å². The van der Waals surface area contributed by atoms with E-state index in [0.29, 0.717) is 22.3 Å². The maximum Gasteiger partial charge on any atom is 0.343 e. The Morgan fingerprint density at radius 1 is 1.15 bits per heavy atom. The lowest BCUT2D eigenvalue weighted by molar-refractivity contribution is -0.941. The minimum absolute atomic E-state index is 0.0985. The fourth-order valence-electron chi connectivity index (χ4n) is 5.77. The van der Waals surface area contributed by atoms with Crippen LogP contribution in [0.3, 0.4) is 0 Å². The molecular formula is C25H33N4O4+. The Balaban J connectivity index is 1.55. The van der Waals surface area contributed by atoms with Crippen molar-refractivity contribution in [2.75, 3.05) is 20.2 Å². The molecule has 1 aromatic carbocycles. The number of hydrogen-bond donors (Lipinski definition) is 2. The number of likely N-dealkylation sites (tertiary alicyclic amines) is 1. The van der Waals surface area contributed by atoms with Crippen molar-refractivity contribution in [3.63, 3.8) is 0 Å². The number of hydrogen-bond acceptors (Lipinski definition) is 6. The summed E-state index contributed by atoms with van der Waals surface area (Å²) in [5.74, 6) is -1.27. The van der Waals surface area contributed by atoms with Crippen LogP contribution in [0.2, 0.25) is 0 Å². The van der Waals surface area contributed by atoms with Crippen molar-refractivity contribution in [2.45, 2.75) is 56.2 Å². The fraction of sp³-hybridized carbons (Fsp3) is 0.520. The van der Waals surface area contributed by atoms with Gasteiger partial charge in [-0.25, -0.2) is 4.79 Å². The summed E-state index contributed by atoms with van der Waals surface area (Å²) in [4.78, 5) is 25.9. The van der Waals surface area contributed by atoms with Gasteiger partial charge in [0.15, 0.2) is 5.60 Å². The maximum atomic E-state index is 13.4. The summed E-state index contributed by atoms with van der Waals surface area (Å²) < 4.78 is 6.13. The average Bonchev–Trinajstić information content (AvgIpc) is 3.49. The Morgan fingerprint density at radius 2 is 1.88 bits per heavy atom. The van der Waals surface area contributed by atoms with E-state index in [-0.39, 0.29) is 18.6 Å². The molecule has 4 atom stereocenters. The van der Waals surface area contributed by atoms with Crippen molar-refractivity contribution in [3.8, 4) is 0 Å². The highest BCUT2D eigenvalue weighted by molar-refractivity contribution is 5.82. The van der Waals surface area contributed by atoms with Gasteiger partial charge in [-0.15, -0.1) is 5.10 Å². The number of carbonyl (C=O) groups is 2. The van der Waals surface area contributed by atoms with Crippen LogP contribution in [0, 0.1) is 5.92 Å². The molecule has 1 aromatic heterocycles. The van der Waals surface area contributed by atoms with E-state index in [0.717, 1.165) is 38.5 Å². The number of nitrogens with two attached hydrogens (primary N) is 1. The van der Waals surface area contributed by atoms with Crippen molar-refractivity contribution < 1.29 is 23.9 Å². The van der Waals surface area contributed by atoms with Gasteiger partial charge in [-0.2, -0.15) is 5.10 Å². The Morgan fingerprint density at radius 3 is 2.52 bits per heavy atom. The van der Waals surface area contributed by atoms with Gasteiger partial charge in [-0.05, 0) is 30.5 Å². The molecule has 1 saturated heterocycles. The first-order chi connectivity index (χ1) is 15.9. The molecule has 0 radical (unpaired) electrons. The van der Waals surface area contributed by atoms with Crippen LogP contribution < -0.4 is 5.73 Å². The SMILES string of the molecule is C[N+]1(C(C(N)=O)c2cccnn2)CCC[C@@H]1COC(=O)C(O)(c1ccccc1)C1CCCC1. The van der Waals surface area contributed by atoms with Crippen LogP contribution in [0.4, 0.5) is 0 Å². The van der Waals surface area contributed by atoms with E-state index >= 15 is 0 Å². The number of benzene rings is 1. The summed E-state index contributed by atoms with van der Waals surface area (Å²) in [6.07, 6.45) is 6.75. The minimum Gasteiger partial charge on any atom is -0.457 e. The molecular weight excluding hydrogens is 420 g/mol. The zero-order chi connectivity index (χ0) is 23.5. The van der Waals surface area contributed by atoms with Crippen molar-refractivity contribution in [1.29, 1.82) is 0 Å². The number of carbonyl (C=O) groups excluding carboxylic acids is 2. The third-order valence-electron chi connectivity index (χ3n) is 7.62. The van der Waals surface area contributed by atoms with E-state index in [1.165, 1.54) is 0 Å². The van der Waals surface area contributed by atoms with Gasteiger partial charge in [0, 0.05) is 25.0 Å². The van der Waals surface area contributed by atoms with Crippen molar-refractivity contribution in [3.05, 3.63) is 59.9 Å². The summed E-state index contributed by atoms with van der Waals surface area (Å²) in [6.45, 7) is 0.805. The van der Waals surface area contributed by atoms with Crippen molar-refractivity contribution in [1.82, 2.24) is 10.2 Å². The number of primary amides is 1. The molecule has 2 aromatic rings. The third kappa shape index (κ3) is 4.37. The van der Waals surface area contributed by atoms with Crippen molar-refractivity contribution in [2.24, 2.45) is 11.7 Å². The van der Waals surface area contributed by atoms with E-state index in [2.05, 4.69) is 10.2 Å². The number of quaternary nitrogens is 1. The molecule has 2 heterocycles. The zero-order valence-corrected chi connectivity index (χ0v) is 19.1.